The fourth-order valence-electron chi connectivity index (χ4n) is 2.15. The number of carbonyl (C=O) groups excluding carboxylic acids is 1. The van der Waals surface area contributed by atoms with Gasteiger partial charge < -0.3 is 39.7 Å². The molecule has 0 spiro atoms. The first-order valence-electron chi connectivity index (χ1n) is 6.77. The predicted octanol–water partition coefficient (Wildman–Crippen LogP) is -1.64. The Morgan fingerprint density at radius 3 is 2.48 bits per heavy atom. The average Bonchev–Trinajstić information content (AvgIpc) is 2.56. The van der Waals surface area contributed by atoms with Crippen molar-refractivity contribution in [3.63, 3.8) is 0 Å². The van der Waals surface area contributed by atoms with Crippen LogP contribution in [0.4, 0.5) is 0 Å². The van der Waals surface area contributed by atoms with Gasteiger partial charge in [-0.2, -0.15) is 0 Å². The molecule has 0 aliphatic carbocycles. The van der Waals surface area contributed by atoms with Crippen LogP contribution in [0.25, 0.3) is 0 Å². The smallest absolute Gasteiger partial charge is 0.337 e. The highest BCUT2D eigenvalue weighted by molar-refractivity contribution is 5.90. The molecule has 1 fully saturated rings. The molecule has 1 aromatic carbocycles. The molecule has 9 heteroatoms. The van der Waals surface area contributed by atoms with Crippen molar-refractivity contribution in [2.45, 2.75) is 30.7 Å². The van der Waals surface area contributed by atoms with Gasteiger partial charge in [-0.05, 0) is 18.2 Å². The van der Waals surface area contributed by atoms with Crippen LogP contribution in [-0.4, -0.2) is 75.9 Å². The number of phenolic OH excluding ortho intramolecular Hbond substituents is 1. The second kappa shape index (κ2) is 7.11. The molecule has 23 heavy (non-hydrogen) atoms. The summed E-state index contributed by atoms with van der Waals surface area (Å²) in [6.45, 7) is -0.599. The molecule has 1 aromatic rings. The minimum Gasteiger partial charge on any atom is -0.504 e. The second-order valence-corrected chi connectivity index (χ2v) is 4.99. The molecule has 0 radical (unpaired) electrons. The number of carbonyl (C=O) groups is 1. The van der Waals surface area contributed by atoms with Crippen molar-refractivity contribution in [2.75, 3.05) is 13.7 Å². The number of aliphatic hydroxyl groups excluding tert-OH is 4. The second-order valence-electron chi connectivity index (χ2n) is 4.99. The van der Waals surface area contributed by atoms with E-state index in [-0.39, 0.29) is 11.3 Å². The zero-order valence-corrected chi connectivity index (χ0v) is 12.2. The van der Waals surface area contributed by atoms with Crippen molar-refractivity contribution in [3.8, 4) is 11.5 Å². The van der Waals surface area contributed by atoms with E-state index in [2.05, 4.69) is 4.74 Å². The van der Waals surface area contributed by atoms with Gasteiger partial charge in [0.1, 0.15) is 24.4 Å². The van der Waals surface area contributed by atoms with Crippen LogP contribution in [0.3, 0.4) is 0 Å². The Kier molecular flexibility index (Phi) is 5.39. The molecule has 5 unspecified atom stereocenters. The van der Waals surface area contributed by atoms with Crippen LogP contribution >= 0.6 is 0 Å². The molecule has 1 heterocycles. The van der Waals surface area contributed by atoms with Crippen LogP contribution in [0.15, 0.2) is 18.2 Å². The van der Waals surface area contributed by atoms with Gasteiger partial charge in [-0.3, -0.25) is 0 Å². The minimum absolute atomic E-state index is 0.0890. The van der Waals surface area contributed by atoms with E-state index in [1.165, 1.54) is 19.2 Å². The molecule has 2 rings (SSSR count). The quantitative estimate of drug-likeness (QED) is 0.410. The van der Waals surface area contributed by atoms with Crippen LogP contribution in [0.2, 0.25) is 0 Å². The van der Waals surface area contributed by atoms with Gasteiger partial charge in [0.05, 0.1) is 19.3 Å². The number of rotatable bonds is 4. The number of ether oxygens (including phenoxy) is 3. The van der Waals surface area contributed by atoms with Gasteiger partial charge in [0.2, 0.25) is 6.29 Å². The maximum atomic E-state index is 11.4. The molecule has 1 saturated heterocycles. The summed E-state index contributed by atoms with van der Waals surface area (Å²) in [6.07, 6.45) is -7.27. The van der Waals surface area contributed by atoms with Crippen LogP contribution in [0.5, 0.6) is 11.5 Å². The number of hydrogen-bond acceptors (Lipinski definition) is 9. The average molecular weight is 330 g/mol. The fraction of sp³-hybridized carbons (Fsp3) is 0.500. The van der Waals surface area contributed by atoms with Crippen molar-refractivity contribution in [1.82, 2.24) is 0 Å². The Labute approximate surface area is 131 Å². The van der Waals surface area contributed by atoms with Gasteiger partial charge in [-0.25, -0.2) is 4.79 Å². The number of esters is 1. The number of hydrogen-bond donors (Lipinski definition) is 5. The summed E-state index contributed by atoms with van der Waals surface area (Å²) in [5.41, 5.74) is 0.0890. The van der Waals surface area contributed by atoms with Crippen LogP contribution in [-0.2, 0) is 9.47 Å². The third-order valence-electron chi connectivity index (χ3n) is 3.47. The summed E-state index contributed by atoms with van der Waals surface area (Å²) in [7, 11) is 1.19. The molecule has 0 amide bonds. The van der Waals surface area contributed by atoms with Gasteiger partial charge in [0.25, 0.3) is 0 Å². The highest BCUT2D eigenvalue weighted by Gasteiger charge is 2.44. The van der Waals surface area contributed by atoms with Gasteiger partial charge in [-0.15, -0.1) is 0 Å². The Hall–Kier alpha value is -1.91. The largest absolute Gasteiger partial charge is 0.504 e. The highest BCUT2D eigenvalue weighted by atomic mass is 16.7. The van der Waals surface area contributed by atoms with E-state index in [0.717, 1.165) is 6.07 Å². The molecule has 9 nitrogen and oxygen atoms in total. The summed E-state index contributed by atoms with van der Waals surface area (Å²) in [5, 5.41) is 48.2. The molecule has 5 N–H and O–H groups in total. The van der Waals surface area contributed by atoms with E-state index in [0.29, 0.717) is 0 Å². The van der Waals surface area contributed by atoms with E-state index in [1.807, 2.05) is 0 Å². The third kappa shape index (κ3) is 3.54. The van der Waals surface area contributed by atoms with E-state index >= 15 is 0 Å². The number of aliphatic hydroxyl groups is 4. The van der Waals surface area contributed by atoms with Gasteiger partial charge >= 0.3 is 5.97 Å². The maximum absolute atomic E-state index is 11.4. The topological polar surface area (TPSA) is 146 Å². The molecule has 128 valence electrons. The maximum Gasteiger partial charge on any atom is 0.337 e. The normalized spacial score (nSPS) is 30.7. The summed E-state index contributed by atoms with van der Waals surface area (Å²) >= 11 is 0. The molecule has 0 aromatic heterocycles. The first kappa shape index (κ1) is 17.4. The van der Waals surface area contributed by atoms with Gasteiger partial charge in [-0.1, -0.05) is 0 Å². The Morgan fingerprint density at radius 1 is 1.22 bits per heavy atom. The highest BCUT2D eigenvalue weighted by Crippen LogP contribution is 2.31. The summed E-state index contributed by atoms with van der Waals surface area (Å²) in [4.78, 5) is 11.4. The Morgan fingerprint density at radius 2 is 1.91 bits per heavy atom. The molecule has 1 aliphatic heterocycles. The molecule has 0 bridgehead atoms. The van der Waals surface area contributed by atoms with Crippen LogP contribution in [0.1, 0.15) is 10.4 Å². The minimum atomic E-state index is -1.60. The zero-order valence-electron chi connectivity index (χ0n) is 12.2. The molecular formula is C14H18O9. The molecule has 5 atom stereocenters. The third-order valence-corrected chi connectivity index (χ3v) is 3.47. The standard InChI is InChI=1S/C14H18O9/c1-21-13(20)6-2-3-8(7(16)4-6)22-14-12(19)11(18)10(17)9(5-15)23-14/h2-4,9-12,14-19H,5H2,1H3. The van der Waals surface area contributed by atoms with Gasteiger partial charge in [0, 0.05) is 0 Å². The number of aromatic hydroxyl groups is 1. The van der Waals surface area contributed by atoms with Crippen molar-refractivity contribution < 1.29 is 44.5 Å². The Balaban J connectivity index is 2.16. The lowest BCUT2D eigenvalue weighted by molar-refractivity contribution is -0.277. The summed E-state index contributed by atoms with van der Waals surface area (Å²) in [5.74, 6) is -1.19. The number of benzene rings is 1. The summed E-state index contributed by atoms with van der Waals surface area (Å²) in [6, 6.07) is 3.68. The van der Waals surface area contributed by atoms with Crippen molar-refractivity contribution >= 4 is 5.97 Å². The van der Waals surface area contributed by atoms with Crippen LogP contribution in [0, 0.1) is 0 Å². The monoisotopic (exact) mass is 330 g/mol. The zero-order chi connectivity index (χ0) is 17.1. The number of methoxy groups -OCH3 is 1. The lowest BCUT2D eigenvalue weighted by Gasteiger charge is -2.39. The lowest BCUT2D eigenvalue weighted by atomic mass is 9.99. The van der Waals surface area contributed by atoms with Crippen LogP contribution < -0.4 is 4.74 Å². The molecule has 1 aliphatic rings. The van der Waals surface area contributed by atoms with E-state index in [4.69, 9.17) is 14.6 Å². The number of phenols is 1. The van der Waals surface area contributed by atoms with Crippen molar-refractivity contribution in [2.24, 2.45) is 0 Å². The van der Waals surface area contributed by atoms with Crippen molar-refractivity contribution in [1.29, 1.82) is 0 Å². The first-order valence-corrected chi connectivity index (χ1v) is 6.77. The van der Waals surface area contributed by atoms with E-state index in [1.54, 1.807) is 0 Å². The van der Waals surface area contributed by atoms with Crippen molar-refractivity contribution in [3.05, 3.63) is 23.8 Å². The Bertz CT molecular complexity index is 559. The predicted molar refractivity (Wildman–Crippen MR) is 73.8 cm³/mol. The van der Waals surface area contributed by atoms with E-state index in [9.17, 15) is 25.2 Å². The SMILES string of the molecule is COC(=O)c1ccc(OC2OC(CO)C(O)C(O)C2O)c(O)c1. The molecular weight excluding hydrogens is 312 g/mol. The first-order chi connectivity index (χ1) is 10.9. The lowest BCUT2D eigenvalue weighted by Crippen LogP contribution is -2.60. The van der Waals surface area contributed by atoms with Gasteiger partial charge in [0.15, 0.2) is 11.5 Å². The van der Waals surface area contributed by atoms with E-state index < -0.39 is 49.0 Å². The molecule has 0 saturated carbocycles. The summed E-state index contributed by atoms with van der Waals surface area (Å²) < 4.78 is 14.9. The fourth-order valence-corrected chi connectivity index (χ4v) is 2.15.